The molecule has 0 bridgehead atoms. The van der Waals surface area contributed by atoms with E-state index in [-0.39, 0.29) is 5.60 Å². The third-order valence-electron chi connectivity index (χ3n) is 3.74. The number of ether oxygens (including phenoxy) is 1. The van der Waals surface area contributed by atoms with E-state index in [9.17, 15) is 0 Å². The van der Waals surface area contributed by atoms with Gasteiger partial charge in [0.25, 0.3) is 0 Å². The molecule has 16 heavy (non-hydrogen) atoms. The number of nitrogens with one attached hydrogen (secondary N) is 1. The molecule has 1 saturated carbocycles. The van der Waals surface area contributed by atoms with Crippen molar-refractivity contribution in [3.8, 4) is 0 Å². The van der Waals surface area contributed by atoms with Gasteiger partial charge >= 0.3 is 0 Å². The first-order valence-electron chi connectivity index (χ1n) is 7.00. The molecule has 2 heteroatoms. The zero-order valence-electron chi connectivity index (χ0n) is 11.5. The molecule has 1 aliphatic rings. The summed E-state index contributed by atoms with van der Waals surface area (Å²) in [5, 5.41) is 3.60. The van der Waals surface area contributed by atoms with Crippen LogP contribution in [0, 0.1) is 0 Å². The van der Waals surface area contributed by atoms with Crippen LogP contribution in [0.15, 0.2) is 0 Å². The van der Waals surface area contributed by atoms with Crippen molar-refractivity contribution < 1.29 is 4.74 Å². The number of likely N-dealkylation sites (N-methyl/N-ethyl adjacent to an activating group) is 1. The smallest absolute Gasteiger partial charge is 0.0735 e. The monoisotopic (exact) mass is 227 g/mol. The topological polar surface area (TPSA) is 21.3 Å². The fourth-order valence-corrected chi connectivity index (χ4v) is 2.40. The van der Waals surface area contributed by atoms with Crippen LogP contribution in [0.1, 0.15) is 66.2 Å². The summed E-state index contributed by atoms with van der Waals surface area (Å²) in [7, 11) is 0. The summed E-state index contributed by atoms with van der Waals surface area (Å²) in [6, 6.07) is 0.568. The third kappa shape index (κ3) is 4.42. The minimum absolute atomic E-state index is 0.0304. The lowest BCUT2D eigenvalue weighted by molar-refractivity contribution is -0.0894. The Hall–Kier alpha value is -0.0800. The molecule has 0 saturated heterocycles. The zero-order valence-corrected chi connectivity index (χ0v) is 11.5. The van der Waals surface area contributed by atoms with Crippen molar-refractivity contribution in [2.75, 3.05) is 6.54 Å². The van der Waals surface area contributed by atoms with Gasteiger partial charge in [-0.3, -0.25) is 0 Å². The van der Waals surface area contributed by atoms with E-state index in [1.165, 1.54) is 32.1 Å². The Bertz CT molecular complexity index is 191. The van der Waals surface area contributed by atoms with Gasteiger partial charge in [0.05, 0.1) is 11.7 Å². The van der Waals surface area contributed by atoms with Gasteiger partial charge in [0.1, 0.15) is 0 Å². The number of rotatable bonds is 5. The van der Waals surface area contributed by atoms with Crippen LogP contribution in [0.25, 0.3) is 0 Å². The predicted molar refractivity (Wildman–Crippen MR) is 69.8 cm³/mol. The van der Waals surface area contributed by atoms with E-state index in [0.29, 0.717) is 12.1 Å². The van der Waals surface area contributed by atoms with Gasteiger partial charge in [-0.2, -0.15) is 0 Å². The molecule has 0 aromatic heterocycles. The zero-order chi connectivity index (χ0) is 12.0. The Kier molecular flexibility index (Phi) is 5.77. The van der Waals surface area contributed by atoms with E-state index in [2.05, 4.69) is 33.0 Å². The summed E-state index contributed by atoms with van der Waals surface area (Å²) in [5.74, 6) is 0. The first-order chi connectivity index (χ1) is 7.59. The van der Waals surface area contributed by atoms with Gasteiger partial charge in [-0.25, -0.2) is 0 Å². The fourth-order valence-electron chi connectivity index (χ4n) is 2.40. The van der Waals surface area contributed by atoms with Crippen LogP contribution in [0.3, 0.4) is 0 Å². The molecule has 0 amide bonds. The molecule has 0 aliphatic heterocycles. The maximum absolute atomic E-state index is 6.31. The molecule has 1 aliphatic carbocycles. The van der Waals surface area contributed by atoms with Gasteiger partial charge in [0.2, 0.25) is 0 Å². The second kappa shape index (κ2) is 6.61. The van der Waals surface area contributed by atoms with E-state index < -0.39 is 0 Å². The first kappa shape index (κ1) is 14.0. The molecule has 0 aromatic rings. The summed E-state index contributed by atoms with van der Waals surface area (Å²) in [4.78, 5) is 0. The molecule has 2 atom stereocenters. The van der Waals surface area contributed by atoms with E-state index in [1.54, 1.807) is 0 Å². The highest BCUT2D eigenvalue weighted by Crippen LogP contribution is 2.26. The highest BCUT2D eigenvalue weighted by molar-refractivity contribution is 4.82. The van der Waals surface area contributed by atoms with Gasteiger partial charge in [-0.15, -0.1) is 0 Å². The molecule has 2 unspecified atom stereocenters. The fraction of sp³-hybridized carbons (Fsp3) is 1.00. The SMILES string of the molecule is CCNC1CCCCCC1OC(C)(C)CC. The average Bonchev–Trinajstić information content (AvgIpc) is 2.45. The average molecular weight is 227 g/mol. The largest absolute Gasteiger partial charge is 0.371 e. The third-order valence-corrected chi connectivity index (χ3v) is 3.74. The Balaban J connectivity index is 2.56. The quantitative estimate of drug-likeness (QED) is 0.726. The van der Waals surface area contributed by atoms with Crippen molar-refractivity contribution in [1.82, 2.24) is 5.32 Å². The lowest BCUT2D eigenvalue weighted by atomic mass is 10.0. The molecule has 2 nitrogen and oxygen atoms in total. The van der Waals surface area contributed by atoms with Gasteiger partial charge in [-0.05, 0) is 39.7 Å². The molecule has 1 rings (SSSR count). The minimum Gasteiger partial charge on any atom is -0.371 e. The van der Waals surface area contributed by atoms with Crippen LogP contribution >= 0.6 is 0 Å². The molecule has 0 spiro atoms. The van der Waals surface area contributed by atoms with Crippen molar-refractivity contribution in [2.24, 2.45) is 0 Å². The van der Waals surface area contributed by atoms with Crippen molar-refractivity contribution in [3.05, 3.63) is 0 Å². The number of hydrogen-bond donors (Lipinski definition) is 1. The summed E-state index contributed by atoms with van der Waals surface area (Å²) in [5.41, 5.74) is 0.0304. The first-order valence-corrected chi connectivity index (χ1v) is 7.00. The van der Waals surface area contributed by atoms with E-state index in [4.69, 9.17) is 4.74 Å². The van der Waals surface area contributed by atoms with E-state index in [0.717, 1.165) is 13.0 Å². The summed E-state index contributed by atoms with van der Waals surface area (Å²) < 4.78 is 6.31. The van der Waals surface area contributed by atoms with Crippen LogP contribution in [0.4, 0.5) is 0 Å². The second-order valence-corrected chi connectivity index (χ2v) is 5.57. The molecular formula is C14H29NO. The van der Waals surface area contributed by atoms with Crippen LogP contribution in [-0.2, 0) is 4.74 Å². The lowest BCUT2D eigenvalue weighted by Crippen LogP contribution is -2.44. The Morgan fingerprint density at radius 2 is 1.81 bits per heavy atom. The predicted octanol–water partition coefficient (Wildman–Crippen LogP) is 3.50. The lowest BCUT2D eigenvalue weighted by Gasteiger charge is -2.34. The Morgan fingerprint density at radius 3 is 2.44 bits per heavy atom. The van der Waals surface area contributed by atoms with Crippen molar-refractivity contribution in [1.29, 1.82) is 0 Å². The Morgan fingerprint density at radius 1 is 1.12 bits per heavy atom. The van der Waals surface area contributed by atoms with Crippen molar-refractivity contribution in [2.45, 2.75) is 84.0 Å². The summed E-state index contributed by atoms with van der Waals surface area (Å²) >= 11 is 0. The van der Waals surface area contributed by atoms with Crippen molar-refractivity contribution in [3.63, 3.8) is 0 Å². The highest BCUT2D eigenvalue weighted by Gasteiger charge is 2.28. The Labute approximate surface area is 101 Å². The molecule has 1 fully saturated rings. The molecule has 96 valence electrons. The van der Waals surface area contributed by atoms with Gasteiger partial charge < -0.3 is 10.1 Å². The van der Waals surface area contributed by atoms with Gasteiger partial charge in [0.15, 0.2) is 0 Å². The molecule has 0 heterocycles. The molecular weight excluding hydrogens is 198 g/mol. The molecule has 1 N–H and O–H groups in total. The maximum atomic E-state index is 6.31. The minimum atomic E-state index is 0.0304. The molecule has 0 radical (unpaired) electrons. The van der Waals surface area contributed by atoms with Gasteiger partial charge in [-0.1, -0.05) is 33.1 Å². The van der Waals surface area contributed by atoms with Crippen LogP contribution in [0.2, 0.25) is 0 Å². The highest BCUT2D eigenvalue weighted by atomic mass is 16.5. The normalized spacial score (nSPS) is 27.8. The van der Waals surface area contributed by atoms with Crippen LogP contribution < -0.4 is 5.32 Å². The number of hydrogen-bond acceptors (Lipinski definition) is 2. The van der Waals surface area contributed by atoms with Gasteiger partial charge in [0, 0.05) is 6.04 Å². The second-order valence-electron chi connectivity index (χ2n) is 5.57. The molecule has 0 aromatic carbocycles. The van der Waals surface area contributed by atoms with E-state index >= 15 is 0 Å². The standard InChI is InChI=1S/C14H29NO/c1-5-14(3,4)16-13-11-9-7-8-10-12(13)15-6-2/h12-13,15H,5-11H2,1-4H3. The van der Waals surface area contributed by atoms with Crippen LogP contribution in [-0.4, -0.2) is 24.3 Å². The summed E-state index contributed by atoms with van der Waals surface area (Å²) in [6.07, 6.45) is 8.05. The van der Waals surface area contributed by atoms with E-state index in [1.807, 2.05) is 0 Å². The maximum Gasteiger partial charge on any atom is 0.0735 e. The van der Waals surface area contributed by atoms with Crippen LogP contribution in [0.5, 0.6) is 0 Å². The van der Waals surface area contributed by atoms with Crippen molar-refractivity contribution >= 4 is 0 Å². The summed E-state index contributed by atoms with van der Waals surface area (Å²) in [6.45, 7) is 9.87.